The minimum Gasteiger partial charge on any atom is -0.297 e. The summed E-state index contributed by atoms with van der Waals surface area (Å²) in [5, 5.41) is 1.34. The highest BCUT2D eigenvalue weighted by molar-refractivity contribution is 6.07. The first-order valence-corrected chi connectivity index (χ1v) is 9.07. The van der Waals surface area contributed by atoms with Gasteiger partial charge in [-0.25, -0.2) is 11.7 Å². The monoisotopic (exact) mass is 398 g/mol. The molecule has 0 radical (unpaired) electrons. The molecule has 0 aliphatic rings. The van der Waals surface area contributed by atoms with Crippen LogP contribution in [0.15, 0.2) is 0 Å². The molecule has 0 saturated heterocycles. The van der Waals surface area contributed by atoms with Crippen LogP contribution in [0.5, 0.6) is 0 Å². The lowest BCUT2D eigenvalue weighted by molar-refractivity contribution is -0.145. The van der Waals surface area contributed by atoms with Crippen LogP contribution in [0.4, 0.5) is 0 Å². The third-order valence-electron chi connectivity index (χ3n) is 4.20. The maximum Gasteiger partial charge on any atom is 0.237 e. The fraction of sp³-hybridized carbons (Fsp3) is 0.667. The maximum absolute atomic E-state index is 12.0. The largest absolute Gasteiger partial charge is 0.297 e. The van der Waals surface area contributed by atoms with Gasteiger partial charge in [0, 0.05) is 12.8 Å². The Morgan fingerprint density at radius 2 is 0.821 bits per heavy atom. The number of hydrazine groups is 2. The van der Waals surface area contributed by atoms with Crippen LogP contribution in [0.1, 0.15) is 66.2 Å². The lowest BCUT2D eigenvalue weighted by Crippen LogP contribution is -2.52. The number of amides is 2. The van der Waals surface area contributed by atoms with E-state index in [0.717, 1.165) is 0 Å². The van der Waals surface area contributed by atoms with Crippen molar-refractivity contribution in [3.8, 4) is 0 Å². The van der Waals surface area contributed by atoms with Gasteiger partial charge in [-0.2, -0.15) is 0 Å². The molecule has 0 aliphatic heterocycles. The molecule has 4 N–H and O–H groups in total. The number of hydrogen-bond donors (Lipinski definition) is 2. The average Bonchev–Trinajstić information content (AvgIpc) is 2.55. The van der Waals surface area contributed by atoms with Crippen LogP contribution in [0, 0.1) is 0 Å². The van der Waals surface area contributed by atoms with Crippen LogP contribution in [0.3, 0.4) is 0 Å². The van der Waals surface area contributed by atoms with Gasteiger partial charge in [0.2, 0.25) is 11.8 Å². The lowest BCUT2D eigenvalue weighted by Gasteiger charge is -2.23. The molecule has 158 valence electrons. The number of unbranched alkanes of at least 4 members (excludes halogenated alkanes) is 3. The Morgan fingerprint density at radius 1 is 0.571 bits per heavy atom. The third-order valence-corrected chi connectivity index (χ3v) is 4.20. The summed E-state index contributed by atoms with van der Waals surface area (Å²) in [5.41, 5.74) is 0. The van der Waals surface area contributed by atoms with Crippen molar-refractivity contribution >= 4 is 34.9 Å². The van der Waals surface area contributed by atoms with Crippen molar-refractivity contribution in [2.24, 2.45) is 11.7 Å². The summed E-state index contributed by atoms with van der Waals surface area (Å²) in [6.45, 7) is 4.78. The highest BCUT2D eigenvalue weighted by Gasteiger charge is 2.29. The van der Waals surface area contributed by atoms with Crippen LogP contribution in [0.25, 0.3) is 0 Å². The molecule has 10 heteroatoms. The van der Waals surface area contributed by atoms with E-state index in [-0.39, 0.29) is 12.8 Å². The van der Waals surface area contributed by atoms with E-state index < -0.39 is 47.0 Å². The summed E-state index contributed by atoms with van der Waals surface area (Å²) < 4.78 is 0. The number of nitrogens with zero attached hydrogens (tertiary/aromatic N) is 2. The molecule has 0 aromatic carbocycles. The second kappa shape index (κ2) is 12.1. The van der Waals surface area contributed by atoms with Gasteiger partial charge < -0.3 is 0 Å². The van der Waals surface area contributed by atoms with Crippen molar-refractivity contribution < 1.29 is 28.8 Å². The Bertz CT molecular complexity index is 552. The number of carbonyl (C=O) groups excluding carboxylic acids is 6. The highest BCUT2D eigenvalue weighted by atomic mass is 16.2. The zero-order valence-corrected chi connectivity index (χ0v) is 16.9. The molecular formula is C18H30N4O6. The topological polar surface area (TPSA) is 161 Å². The van der Waals surface area contributed by atoms with E-state index in [0.29, 0.717) is 35.7 Å². The van der Waals surface area contributed by atoms with Gasteiger partial charge in [-0.05, 0) is 40.5 Å². The van der Waals surface area contributed by atoms with Crippen molar-refractivity contribution in [2.75, 3.05) is 0 Å². The summed E-state index contributed by atoms with van der Waals surface area (Å²) >= 11 is 0. The lowest BCUT2D eigenvalue weighted by atomic mass is 10.1. The standard InChI is InChI=1S/C18H30N4O6/c1-11(23)17(12(2)24)21(19)15(27)9-7-5-6-8-10-16(28)22(20)18(13(3)25)14(4)26/h17-18H,5-10,19-20H2,1-4H3. The summed E-state index contributed by atoms with van der Waals surface area (Å²) in [5.74, 6) is 8.15. The van der Waals surface area contributed by atoms with E-state index in [1.807, 2.05) is 0 Å². The number of ketones is 4. The van der Waals surface area contributed by atoms with Crippen LogP contribution in [0.2, 0.25) is 0 Å². The van der Waals surface area contributed by atoms with Crippen LogP contribution in [-0.4, -0.2) is 57.0 Å². The molecule has 0 bridgehead atoms. The van der Waals surface area contributed by atoms with Gasteiger partial charge in [-0.1, -0.05) is 12.8 Å². The summed E-state index contributed by atoms with van der Waals surface area (Å²) in [4.78, 5) is 69.6. The molecule has 0 spiro atoms. The SMILES string of the molecule is CC(=O)C(C(C)=O)N(N)C(=O)CCCCCCC(=O)N(N)C(C(C)=O)C(C)=O. The molecule has 0 saturated carbocycles. The zero-order chi connectivity index (χ0) is 22.0. The predicted octanol–water partition coefficient (Wildman–Crippen LogP) is -0.175. The summed E-state index contributed by atoms with van der Waals surface area (Å²) in [6, 6.07) is -2.53. The molecule has 10 nitrogen and oxygen atoms in total. The van der Waals surface area contributed by atoms with Gasteiger partial charge in [-0.15, -0.1) is 0 Å². The molecule has 0 unspecified atom stereocenters. The van der Waals surface area contributed by atoms with Crippen LogP contribution >= 0.6 is 0 Å². The van der Waals surface area contributed by atoms with E-state index in [1.54, 1.807) is 0 Å². The third kappa shape index (κ3) is 8.05. The molecule has 0 atom stereocenters. The van der Waals surface area contributed by atoms with E-state index in [9.17, 15) is 28.8 Å². The highest BCUT2D eigenvalue weighted by Crippen LogP contribution is 2.10. The zero-order valence-electron chi connectivity index (χ0n) is 16.9. The smallest absolute Gasteiger partial charge is 0.237 e. The Hall–Kier alpha value is -2.46. The Morgan fingerprint density at radius 3 is 1.04 bits per heavy atom. The summed E-state index contributed by atoms with van der Waals surface area (Å²) in [6.07, 6.45) is 2.32. The van der Waals surface area contributed by atoms with Crippen molar-refractivity contribution in [1.82, 2.24) is 10.0 Å². The fourth-order valence-electron chi connectivity index (χ4n) is 2.81. The van der Waals surface area contributed by atoms with Crippen molar-refractivity contribution in [3.05, 3.63) is 0 Å². The van der Waals surface area contributed by atoms with Gasteiger partial charge in [0.15, 0.2) is 35.2 Å². The number of carbonyl (C=O) groups is 6. The van der Waals surface area contributed by atoms with Crippen molar-refractivity contribution in [3.63, 3.8) is 0 Å². The number of hydrogen-bond acceptors (Lipinski definition) is 8. The molecular weight excluding hydrogens is 368 g/mol. The first-order valence-electron chi connectivity index (χ1n) is 9.07. The minimum atomic E-state index is -1.27. The van der Waals surface area contributed by atoms with Crippen LogP contribution in [-0.2, 0) is 28.8 Å². The van der Waals surface area contributed by atoms with Gasteiger partial charge >= 0.3 is 0 Å². The number of nitrogens with two attached hydrogens (primary N) is 2. The van der Waals surface area contributed by atoms with E-state index >= 15 is 0 Å². The minimum absolute atomic E-state index is 0.0707. The molecule has 0 aromatic rings. The molecule has 0 rings (SSSR count). The van der Waals surface area contributed by atoms with Crippen molar-refractivity contribution in [2.45, 2.75) is 78.3 Å². The van der Waals surface area contributed by atoms with E-state index in [2.05, 4.69) is 0 Å². The maximum atomic E-state index is 12.0. The van der Waals surface area contributed by atoms with Gasteiger partial charge in [0.25, 0.3) is 0 Å². The molecule has 0 aliphatic carbocycles. The Kier molecular flexibility index (Phi) is 11.0. The average molecular weight is 398 g/mol. The second-order valence-corrected chi connectivity index (χ2v) is 6.76. The molecule has 0 heterocycles. The van der Waals surface area contributed by atoms with Gasteiger partial charge in [-0.3, -0.25) is 38.8 Å². The molecule has 2 amide bonds. The quantitative estimate of drug-likeness (QED) is 0.142. The normalized spacial score (nSPS) is 10.7. The molecule has 28 heavy (non-hydrogen) atoms. The second-order valence-electron chi connectivity index (χ2n) is 6.76. The molecule has 0 aromatic heterocycles. The predicted molar refractivity (Wildman–Crippen MR) is 100 cm³/mol. The fourth-order valence-corrected chi connectivity index (χ4v) is 2.81. The molecule has 0 fully saturated rings. The van der Waals surface area contributed by atoms with E-state index in [1.165, 1.54) is 27.7 Å². The van der Waals surface area contributed by atoms with E-state index in [4.69, 9.17) is 11.7 Å². The van der Waals surface area contributed by atoms with Crippen molar-refractivity contribution in [1.29, 1.82) is 0 Å². The van der Waals surface area contributed by atoms with Crippen LogP contribution < -0.4 is 11.7 Å². The Balaban J connectivity index is 4.27. The summed E-state index contributed by atoms with van der Waals surface area (Å²) in [7, 11) is 0. The first kappa shape index (κ1) is 25.5. The Labute approximate surface area is 164 Å². The number of rotatable bonds is 13. The van der Waals surface area contributed by atoms with Gasteiger partial charge in [0.1, 0.15) is 0 Å². The van der Waals surface area contributed by atoms with Gasteiger partial charge in [0.05, 0.1) is 0 Å². The first-order chi connectivity index (χ1) is 12.9. The number of Topliss-reactive ketones (excluding diaryl/α,β-unsaturated/α-hetero) is 4.